The molecule has 18 heavy (non-hydrogen) atoms. The molecule has 0 radical (unpaired) electrons. The molecular weight excluding hydrogens is 346 g/mol. The molecular formula is C13H16FIN2O. The quantitative estimate of drug-likeness (QED) is 0.778. The van der Waals surface area contributed by atoms with Crippen LogP contribution >= 0.6 is 22.6 Å². The normalized spacial score (nSPS) is 24.1. The van der Waals surface area contributed by atoms with Crippen molar-refractivity contribution in [1.82, 2.24) is 10.2 Å². The summed E-state index contributed by atoms with van der Waals surface area (Å²) in [4.78, 5) is 14.3. The van der Waals surface area contributed by atoms with E-state index in [9.17, 15) is 9.18 Å². The maximum Gasteiger partial charge on any atom is 0.255 e. The standard InChI is InChI=1S/C13H16FIN2O/c1-8-7-17(9(2)6-16-8)13(18)11-4-3-10(14)5-12(11)15/h3-5,8-9,16H,6-7H2,1-2H3. The van der Waals surface area contributed by atoms with Gasteiger partial charge in [-0.05, 0) is 54.6 Å². The molecule has 2 atom stereocenters. The number of carbonyl (C=O) groups is 1. The average molecular weight is 362 g/mol. The van der Waals surface area contributed by atoms with E-state index in [2.05, 4.69) is 12.2 Å². The second-order valence-electron chi connectivity index (χ2n) is 4.74. The number of nitrogens with one attached hydrogen (secondary N) is 1. The lowest BCUT2D eigenvalue weighted by Crippen LogP contribution is -2.56. The van der Waals surface area contributed by atoms with Crippen molar-refractivity contribution in [2.45, 2.75) is 25.9 Å². The van der Waals surface area contributed by atoms with Crippen molar-refractivity contribution in [2.24, 2.45) is 0 Å². The molecule has 98 valence electrons. The van der Waals surface area contributed by atoms with E-state index in [1.54, 1.807) is 6.07 Å². The Kier molecular flexibility index (Phi) is 4.21. The Labute approximate surface area is 120 Å². The van der Waals surface area contributed by atoms with Crippen LogP contribution in [0.15, 0.2) is 18.2 Å². The minimum Gasteiger partial charge on any atom is -0.333 e. The first-order valence-corrected chi connectivity index (χ1v) is 7.06. The molecule has 1 saturated heterocycles. The highest BCUT2D eigenvalue weighted by molar-refractivity contribution is 14.1. The van der Waals surface area contributed by atoms with Crippen molar-refractivity contribution in [2.75, 3.05) is 13.1 Å². The van der Waals surface area contributed by atoms with E-state index >= 15 is 0 Å². The lowest BCUT2D eigenvalue weighted by atomic mass is 10.1. The minimum absolute atomic E-state index is 0.0137. The summed E-state index contributed by atoms with van der Waals surface area (Å²) in [6, 6.07) is 4.76. The van der Waals surface area contributed by atoms with Crippen LogP contribution in [0.25, 0.3) is 0 Å². The first-order chi connectivity index (χ1) is 8.49. The molecule has 1 heterocycles. The molecule has 1 aliphatic heterocycles. The lowest BCUT2D eigenvalue weighted by molar-refractivity contribution is 0.0615. The molecule has 1 fully saturated rings. The summed E-state index contributed by atoms with van der Waals surface area (Å²) in [7, 11) is 0. The number of halogens is 2. The Hall–Kier alpha value is -0.690. The molecule has 0 aromatic heterocycles. The zero-order valence-electron chi connectivity index (χ0n) is 10.4. The zero-order valence-corrected chi connectivity index (χ0v) is 12.6. The van der Waals surface area contributed by atoms with Gasteiger partial charge in [0, 0.05) is 28.7 Å². The van der Waals surface area contributed by atoms with Crippen LogP contribution in [0.3, 0.4) is 0 Å². The van der Waals surface area contributed by atoms with Crippen LogP contribution in [0.1, 0.15) is 24.2 Å². The maximum atomic E-state index is 13.1. The Morgan fingerprint density at radius 2 is 2.22 bits per heavy atom. The van der Waals surface area contributed by atoms with Gasteiger partial charge in [0.05, 0.1) is 5.56 Å². The van der Waals surface area contributed by atoms with Crippen molar-refractivity contribution < 1.29 is 9.18 Å². The number of rotatable bonds is 1. The highest BCUT2D eigenvalue weighted by atomic mass is 127. The Morgan fingerprint density at radius 1 is 1.50 bits per heavy atom. The summed E-state index contributed by atoms with van der Waals surface area (Å²) >= 11 is 2.01. The number of piperazine rings is 1. The van der Waals surface area contributed by atoms with Crippen molar-refractivity contribution in [3.8, 4) is 0 Å². The van der Waals surface area contributed by atoms with E-state index in [0.29, 0.717) is 21.7 Å². The Balaban J connectivity index is 2.24. The van der Waals surface area contributed by atoms with Gasteiger partial charge in [0.15, 0.2) is 0 Å². The first-order valence-electron chi connectivity index (χ1n) is 5.98. The number of hydrogen-bond acceptors (Lipinski definition) is 2. The maximum absolute atomic E-state index is 13.1. The van der Waals surface area contributed by atoms with Crippen molar-refractivity contribution in [1.29, 1.82) is 0 Å². The summed E-state index contributed by atoms with van der Waals surface area (Å²) < 4.78 is 13.7. The van der Waals surface area contributed by atoms with Gasteiger partial charge in [-0.3, -0.25) is 4.79 Å². The molecule has 1 N–H and O–H groups in total. The fourth-order valence-corrected chi connectivity index (χ4v) is 2.83. The van der Waals surface area contributed by atoms with Crippen LogP contribution in [-0.4, -0.2) is 36.0 Å². The number of hydrogen-bond donors (Lipinski definition) is 1. The van der Waals surface area contributed by atoms with E-state index in [0.717, 1.165) is 6.54 Å². The van der Waals surface area contributed by atoms with Crippen molar-refractivity contribution >= 4 is 28.5 Å². The second-order valence-corrected chi connectivity index (χ2v) is 5.90. The molecule has 1 aromatic rings. The van der Waals surface area contributed by atoms with Gasteiger partial charge in [-0.1, -0.05) is 0 Å². The minimum atomic E-state index is -0.308. The van der Waals surface area contributed by atoms with E-state index in [1.165, 1.54) is 12.1 Å². The second kappa shape index (κ2) is 5.52. The summed E-state index contributed by atoms with van der Waals surface area (Å²) in [5, 5.41) is 3.34. The Morgan fingerprint density at radius 3 is 2.89 bits per heavy atom. The van der Waals surface area contributed by atoms with Gasteiger partial charge < -0.3 is 10.2 Å². The lowest BCUT2D eigenvalue weighted by Gasteiger charge is -2.37. The monoisotopic (exact) mass is 362 g/mol. The molecule has 0 bridgehead atoms. The molecule has 0 spiro atoms. The topological polar surface area (TPSA) is 32.3 Å². The molecule has 2 rings (SSSR count). The summed E-state index contributed by atoms with van der Waals surface area (Å²) in [5.74, 6) is -0.321. The van der Waals surface area contributed by atoms with Gasteiger partial charge in [0.25, 0.3) is 5.91 Å². The molecule has 1 amide bonds. The van der Waals surface area contributed by atoms with Gasteiger partial charge >= 0.3 is 0 Å². The number of benzene rings is 1. The molecule has 3 nitrogen and oxygen atoms in total. The molecule has 1 aliphatic rings. The fraction of sp³-hybridized carbons (Fsp3) is 0.462. The molecule has 5 heteroatoms. The van der Waals surface area contributed by atoms with Gasteiger partial charge in [-0.2, -0.15) is 0 Å². The third-order valence-corrected chi connectivity index (χ3v) is 4.08. The van der Waals surface area contributed by atoms with Gasteiger partial charge in [-0.15, -0.1) is 0 Å². The van der Waals surface area contributed by atoms with Crippen molar-refractivity contribution in [3.63, 3.8) is 0 Å². The highest BCUT2D eigenvalue weighted by Crippen LogP contribution is 2.18. The van der Waals surface area contributed by atoms with Crippen LogP contribution < -0.4 is 5.32 Å². The van der Waals surface area contributed by atoms with Crippen LogP contribution in [0, 0.1) is 9.39 Å². The smallest absolute Gasteiger partial charge is 0.255 e. The fourth-order valence-electron chi connectivity index (χ4n) is 2.12. The predicted molar refractivity (Wildman–Crippen MR) is 77.1 cm³/mol. The van der Waals surface area contributed by atoms with E-state index in [1.807, 2.05) is 34.4 Å². The van der Waals surface area contributed by atoms with Crippen LogP contribution in [0.2, 0.25) is 0 Å². The summed E-state index contributed by atoms with van der Waals surface area (Å²) in [6.45, 7) is 5.56. The van der Waals surface area contributed by atoms with Crippen molar-refractivity contribution in [3.05, 3.63) is 33.1 Å². The van der Waals surface area contributed by atoms with Gasteiger partial charge in [0.2, 0.25) is 0 Å². The molecule has 0 saturated carbocycles. The van der Waals surface area contributed by atoms with E-state index in [-0.39, 0.29) is 17.8 Å². The largest absolute Gasteiger partial charge is 0.333 e. The number of carbonyl (C=O) groups excluding carboxylic acids is 1. The third kappa shape index (κ3) is 2.83. The molecule has 0 aliphatic carbocycles. The molecule has 2 unspecified atom stereocenters. The third-order valence-electron chi connectivity index (χ3n) is 3.19. The summed E-state index contributed by atoms with van der Waals surface area (Å²) in [6.07, 6.45) is 0. The predicted octanol–water partition coefficient (Wildman–Crippen LogP) is 2.25. The van der Waals surface area contributed by atoms with Crippen LogP contribution in [-0.2, 0) is 0 Å². The number of nitrogens with zero attached hydrogens (tertiary/aromatic N) is 1. The average Bonchev–Trinajstić information content (AvgIpc) is 2.31. The zero-order chi connectivity index (χ0) is 13.3. The highest BCUT2D eigenvalue weighted by Gasteiger charge is 2.28. The van der Waals surface area contributed by atoms with Crippen LogP contribution in [0.4, 0.5) is 4.39 Å². The summed E-state index contributed by atoms with van der Waals surface area (Å²) in [5.41, 5.74) is 0.581. The SMILES string of the molecule is CC1CN(C(=O)c2ccc(F)cc2I)C(C)CN1. The first kappa shape index (κ1) is 13.7. The Bertz CT molecular complexity index is 466. The molecule has 1 aromatic carbocycles. The van der Waals surface area contributed by atoms with Gasteiger partial charge in [-0.25, -0.2) is 4.39 Å². The van der Waals surface area contributed by atoms with Gasteiger partial charge in [0.1, 0.15) is 5.82 Å². The van der Waals surface area contributed by atoms with Crippen LogP contribution in [0.5, 0.6) is 0 Å². The number of amides is 1. The van der Waals surface area contributed by atoms with E-state index in [4.69, 9.17) is 0 Å². The van der Waals surface area contributed by atoms with E-state index < -0.39 is 0 Å².